The SMILES string of the molecule is CCCCOc1cncc(NN)n1. The standard InChI is InChI=1S/C8H14N4O/c1-2-3-4-13-8-6-10-5-7(11-8)12-9/h5-6H,2-4,9H2,1H3,(H,11,12). The minimum atomic E-state index is 0.504. The smallest absolute Gasteiger partial charge is 0.234 e. The van der Waals surface area contributed by atoms with Crippen molar-refractivity contribution in [3.8, 4) is 5.88 Å². The molecule has 3 N–H and O–H groups in total. The van der Waals surface area contributed by atoms with E-state index in [4.69, 9.17) is 10.6 Å². The molecule has 5 heteroatoms. The molecule has 0 spiro atoms. The van der Waals surface area contributed by atoms with Gasteiger partial charge >= 0.3 is 0 Å². The summed E-state index contributed by atoms with van der Waals surface area (Å²) >= 11 is 0. The lowest BCUT2D eigenvalue weighted by Crippen LogP contribution is -2.09. The van der Waals surface area contributed by atoms with Crippen LogP contribution in [-0.4, -0.2) is 16.6 Å². The van der Waals surface area contributed by atoms with E-state index in [2.05, 4.69) is 22.3 Å². The Labute approximate surface area is 77.3 Å². The van der Waals surface area contributed by atoms with E-state index in [0.717, 1.165) is 12.8 Å². The van der Waals surface area contributed by atoms with Gasteiger partial charge in [-0.05, 0) is 6.42 Å². The van der Waals surface area contributed by atoms with E-state index in [1.165, 1.54) is 6.20 Å². The fourth-order valence-electron chi connectivity index (χ4n) is 0.808. The normalized spacial score (nSPS) is 9.69. The lowest BCUT2D eigenvalue weighted by atomic mass is 10.4. The van der Waals surface area contributed by atoms with E-state index in [1.54, 1.807) is 6.20 Å². The molecule has 1 rings (SSSR count). The molecule has 0 aliphatic carbocycles. The Hall–Kier alpha value is -1.36. The van der Waals surface area contributed by atoms with E-state index in [0.29, 0.717) is 18.3 Å². The molecule has 72 valence electrons. The van der Waals surface area contributed by atoms with Crippen LogP contribution in [0.3, 0.4) is 0 Å². The van der Waals surface area contributed by atoms with Crippen molar-refractivity contribution in [3.05, 3.63) is 12.4 Å². The van der Waals surface area contributed by atoms with Crippen molar-refractivity contribution in [3.63, 3.8) is 0 Å². The summed E-state index contributed by atoms with van der Waals surface area (Å²) in [6.45, 7) is 2.77. The quantitative estimate of drug-likeness (QED) is 0.403. The van der Waals surface area contributed by atoms with Crippen LogP contribution in [0.4, 0.5) is 5.82 Å². The van der Waals surface area contributed by atoms with Gasteiger partial charge in [-0.1, -0.05) is 13.3 Å². The predicted octanol–water partition coefficient (Wildman–Crippen LogP) is 0.941. The molecule has 0 aliphatic heterocycles. The molecular weight excluding hydrogens is 168 g/mol. The van der Waals surface area contributed by atoms with Gasteiger partial charge in [0.25, 0.3) is 0 Å². The molecule has 0 amide bonds. The van der Waals surface area contributed by atoms with E-state index >= 15 is 0 Å². The summed E-state index contributed by atoms with van der Waals surface area (Å²) < 4.78 is 5.32. The zero-order chi connectivity index (χ0) is 9.52. The molecular formula is C8H14N4O. The molecule has 0 saturated heterocycles. The van der Waals surface area contributed by atoms with Crippen LogP contribution in [0.5, 0.6) is 5.88 Å². The minimum Gasteiger partial charge on any atom is -0.477 e. The molecule has 0 unspecified atom stereocenters. The largest absolute Gasteiger partial charge is 0.477 e. The van der Waals surface area contributed by atoms with E-state index in [-0.39, 0.29) is 0 Å². The number of unbranched alkanes of at least 4 members (excludes halogenated alkanes) is 1. The van der Waals surface area contributed by atoms with Crippen LogP contribution in [0, 0.1) is 0 Å². The summed E-state index contributed by atoms with van der Waals surface area (Å²) in [7, 11) is 0. The maximum Gasteiger partial charge on any atom is 0.234 e. The van der Waals surface area contributed by atoms with E-state index in [9.17, 15) is 0 Å². The van der Waals surface area contributed by atoms with Gasteiger partial charge < -0.3 is 10.2 Å². The fourth-order valence-corrected chi connectivity index (χ4v) is 0.808. The van der Waals surface area contributed by atoms with Crippen molar-refractivity contribution in [2.24, 2.45) is 5.84 Å². The summed E-state index contributed by atoms with van der Waals surface area (Å²) in [4.78, 5) is 7.95. The maximum absolute atomic E-state index is 5.32. The van der Waals surface area contributed by atoms with Gasteiger partial charge in [0.15, 0.2) is 5.82 Å². The third-order valence-electron chi connectivity index (χ3n) is 1.51. The van der Waals surface area contributed by atoms with Crippen LogP contribution in [-0.2, 0) is 0 Å². The van der Waals surface area contributed by atoms with Gasteiger partial charge in [0.2, 0.25) is 5.88 Å². The number of nitrogens with two attached hydrogens (primary N) is 1. The maximum atomic E-state index is 5.32. The van der Waals surface area contributed by atoms with Crippen LogP contribution in [0.1, 0.15) is 19.8 Å². The van der Waals surface area contributed by atoms with Crippen molar-refractivity contribution >= 4 is 5.82 Å². The summed E-state index contributed by atoms with van der Waals surface area (Å²) in [5.41, 5.74) is 2.40. The second kappa shape index (κ2) is 5.31. The highest BCUT2D eigenvalue weighted by Crippen LogP contribution is 2.07. The number of nitrogen functional groups attached to an aromatic ring is 1. The molecule has 0 fully saturated rings. The molecule has 1 aromatic rings. The van der Waals surface area contributed by atoms with E-state index in [1.807, 2.05) is 0 Å². The lowest BCUT2D eigenvalue weighted by Gasteiger charge is -2.04. The molecule has 0 atom stereocenters. The molecule has 13 heavy (non-hydrogen) atoms. The van der Waals surface area contributed by atoms with Crippen molar-refractivity contribution in [2.75, 3.05) is 12.0 Å². The number of rotatable bonds is 5. The second-order valence-corrected chi connectivity index (χ2v) is 2.59. The van der Waals surface area contributed by atoms with Crippen molar-refractivity contribution in [1.29, 1.82) is 0 Å². The van der Waals surface area contributed by atoms with Gasteiger partial charge in [-0.3, -0.25) is 4.98 Å². The van der Waals surface area contributed by atoms with Gasteiger partial charge in [-0.15, -0.1) is 0 Å². The Bertz CT molecular complexity index is 254. The number of ether oxygens (including phenoxy) is 1. The van der Waals surface area contributed by atoms with Crippen molar-refractivity contribution in [1.82, 2.24) is 9.97 Å². The number of hydrazine groups is 1. The van der Waals surface area contributed by atoms with Crippen LogP contribution < -0.4 is 16.0 Å². The van der Waals surface area contributed by atoms with Crippen molar-refractivity contribution < 1.29 is 4.74 Å². The number of nitrogens with zero attached hydrogens (tertiary/aromatic N) is 2. The average Bonchev–Trinajstić information content (AvgIpc) is 2.19. The van der Waals surface area contributed by atoms with Gasteiger partial charge in [0, 0.05) is 0 Å². The number of nitrogens with one attached hydrogen (secondary N) is 1. The van der Waals surface area contributed by atoms with E-state index < -0.39 is 0 Å². The van der Waals surface area contributed by atoms with Crippen LogP contribution >= 0.6 is 0 Å². The monoisotopic (exact) mass is 182 g/mol. The summed E-state index contributed by atoms with van der Waals surface area (Å²) in [5.74, 6) is 6.18. The Morgan fingerprint density at radius 1 is 1.54 bits per heavy atom. The molecule has 5 nitrogen and oxygen atoms in total. The number of hydrogen-bond donors (Lipinski definition) is 2. The number of hydrogen-bond acceptors (Lipinski definition) is 5. The first-order valence-corrected chi connectivity index (χ1v) is 4.28. The highest BCUT2D eigenvalue weighted by molar-refractivity contribution is 5.31. The zero-order valence-electron chi connectivity index (χ0n) is 7.66. The Morgan fingerprint density at radius 3 is 3.08 bits per heavy atom. The number of aromatic nitrogens is 2. The highest BCUT2D eigenvalue weighted by atomic mass is 16.5. The topological polar surface area (TPSA) is 73.1 Å². The average molecular weight is 182 g/mol. The first kappa shape index (κ1) is 9.73. The molecule has 0 radical (unpaired) electrons. The zero-order valence-corrected chi connectivity index (χ0v) is 7.66. The fraction of sp³-hybridized carbons (Fsp3) is 0.500. The van der Waals surface area contributed by atoms with Crippen LogP contribution in [0.25, 0.3) is 0 Å². The first-order chi connectivity index (χ1) is 6.36. The Kier molecular flexibility index (Phi) is 3.98. The van der Waals surface area contributed by atoms with Crippen LogP contribution in [0.2, 0.25) is 0 Å². The molecule has 1 aromatic heterocycles. The van der Waals surface area contributed by atoms with Gasteiger partial charge in [0.05, 0.1) is 19.0 Å². The van der Waals surface area contributed by atoms with Crippen molar-refractivity contribution in [2.45, 2.75) is 19.8 Å². The third kappa shape index (κ3) is 3.25. The van der Waals surface area contributed by atoms with Gasteiger partial charge in [-0.2, -0.15) is 4.98 Å². The van der Waals surface area contributed by atoms with Gasteiger partial charge in [-0.25, -0.2) is 5.84 Å². The Morgan fingerprint density at radius 2 is 2.38 bits per heavy atom. The molecule has 0 bridgehead atoms. The molecule has 1 heterocycles. The predicted molar refractivity (Wildman–Crippen MR) is 50.2 cm³/mol. The lowest BCUT2D eigenvalue weighted by molar-refractivity contribution is 0.297. The van der Waals surface area contributed by atoms with Gasteiger partial charge in [0.1, 0.15) is 0 Å². The minimum absolute atomic E-state index is 0.504. The third-order valence-corrected chi connectivity index (χ3v) is 1.51. The molecule has 0 aromatic carbocycles. The van der Waals surface area contributed by atoms with Crippen LogP contribution in [0.15, 0.2) is 12.4 Å². The highest BCUT2D eigenvalue weighted by Gasteiger charge is 1.96. The summed E-state index contributed by atoms with van der Waals surface area (Å²) in [5, 5.41) is 0. The summed E-state index contributed by atoms with van der Waals surface area (Å²) in [6, 6.07) is 0. The second-order valence-electron chi connectivity index (χ2n) is 2.59. The first-order valence-electron chi connectivity index (χ1n) is 4.28. The molecule has 0 saturated carbocycles. The number of anilines is 1. The summed E-state index contributed by atoms with van der Waals surface area (Å²) in [6.07, 6.45) is 5.22. The molecule has 0 aliphatic rings. The Balaban J connectivity index is 2.46.